The molecule has 2 aromatic heterocycles. The Balaban J connectivity index is 1.71. The van der Waals surface area contributed by atoms with Gasteiger partial charge in [-0.1, -0.05) is 6.07 Å². The number of ether oxygens (including phenoxy) is 2. The minimum absolute atomic E-state index is 0.0249. The van der Waals surface area contributed by atoms with Gasteiger partial charge in [0, 0.05) is 23.5 Å². The summed E-state index contributed by atoms with van der Waals surface area (Å²) in [6.45, 7) is 1.85. The summed E-state index contributed by atoms with van der Waals surface area (Å²) in [7, 11) is -2.59. The fourth-order valence-corrected chi connectivity index (χ4v) is 4.43. The van der Waals surface area contributed by atoms with Gasteiger partial charge in [-0.3, -0.25) is 9.71 Å². The highest BCUT2D eigenvalue weighted by Gasteiger charge is 2.19. The summed E-state index contributed by atoms with van der Waals surface area (Å²) in [5.74, 6) is -0.945. The number of esters is 2. The zero-order valence-electron chi connectivity index (χ0n) is 19.4. The second kappa shape index (κ2) is 10.4. The molecule has 10 nitrogen and oxygen atoms in total. The highest BCUT2D eigenvalue weighted by molar-refractivity contribution is 7.92. The largest absolute Gasteiger partial charge is 0.465 e. The van der Waals surface area contributed by atoms with Gasteiger partial charge >= 0.3 is 11.9 Å². The van der Waals surface area contributed by atoms with E-state index in [4.69, 9.17) is 9.47 Å². The third-order valence-electron chi connectivity index (χ3n) is 5.12. The number of fused-ring (bicyclic) bond motifs is 1. The van der Waals surface area contributed by atoms with Crippen molar-refractivity contribution in [3.8, 4) is 0 Å². The molecule has 0 aliphatic heterocycles. The quantitative estimate of drug-likeness (QED) is 0.338. The molecule has 4 rings (SSSR count). The molecule has 0 radical (unpaired) electrons. The molecule has 184 valence electrons. The Morgan fingerprint density at radius 1 is 0.972 bits per heavy atom. The number of aromatic nitrogens is 2. The van der Waals surface area contributed by atoms with Gasteiger partial charge in [-0.2, -0.15) is 0 Å². The average molecular weight is 507 g/mol. The van der Waals surface area contributed by atoms with Crippen molar-refractivity contribution in [2.45, 2.75) is 11.8 Å². The van der Waals surface area contributed by atoms with Crippen molar-refractivity contribution in [3.05, 3.63) is 84.2 Å². The van der Waals surface area contributed by atoms with E-state index in [-0.39, 0.29) is 28.4 Å². The zero-order chi connectivity index (χ0) is 25.7. The van der Waals surface area contributed by atoms with Gasteiger partial charge in [-0.15, -0.1) is 0 Å². The summed E-state index contributed by atoms with van der Waals surface area (Å²) in [4.78, 5) is 33.0. The fourth-order valence-electron chi connectivity index (χ4n) is 3.42. The van der Waals surface area contributed by atoms with Gasteiger partial charge in [0.25, 0.3) is 10.0 Å². The molecular weight excluding hydrogens is 484 g/mol. The van der Waals surface area contributed by atoms with E-state index < -0.39 is 22.0 Å². The van der Waals surface area contributed by atoms with Gasteiger partial charge in [-0.05, 0) is 61.5 Å². The summed E-state index contributed by atoms with van der Waals surface area (Å²) in [6.07, 6.45) is 2.87. The third-order valence-corrected chi connectivity index (χ3v) is 6.49. The normalized spacial score (nSPS) is 11.1. The number of hydrogen-bond acceptors (Lipinski definition) is 9. The van der Waals surface area contributed by atoms with E-state index in [2.05, 4.69) is 20.0 Å². The molecular formula is C25H22N4O6S. The second-order valence-corrected chi connectivity index (χ2v) is 9.14. The molecule has 0 amide bonds. The molecule has 0 spiro atoms. The van der Waals surface area contributed by atoms with Crippen LogP contribution in [0.5, 0.6) is 0 Å². The molecule has 2 N–H and O–H groups in total. The van der Waals surface area contributed by atoms with Crippen LogP contribution in [0, 0.1) is 0 Å². The van der Waals surface area contributed by atoms with E-state index in [1.165, 1.54) is 31.6 Å². The first kappa shape index (κ1) is 24.6. The molecule has 2 heterocycles. The summed E-state index contributed by atoms with van der Waals surface area (Å²) < 4.78 is 37.8. The summed E-state index contributed by atoms with van der Waals surface area (Å²) >= 11 is 0. The number of sulfonamides is 1. The van der Waals surface area contributed by atoms with E-state index in [1.807, 2.05) is 0 Å². The first-order valence-electron chi connectivity index (χ1n) is 10.8. The number of benzene rings is 2. The van der Waals surface area contributed by atoms with E-state index in [0.29, 0.717) is 22.3 Å². The van der Waals surface area contributed by atoms with Crippen molar-refractivity contribution in [3.63, 3.8) is 0 Å². The zero-order valence-corrected chi connectivity index (χ0v) is 20.2. The van der Waals surface area contributed by atoms with E-state index in [0.717, 1.165) is 0 Å². The Kier molecular flexibility index (Phi) is 7.11. The number of pyridine rings is 2. The van der Waals surface area contributed by atoms with Crippen molar-refractivity contribution in [2.75, 3.05) is 23.8 Å². The van der Waals surface area contributed by atoms with Crippen LogP contribution in [0.1, 0.15) is 27.6 Å². The highest BCUT2D eigenvalue weighted by atomic mass is 32.2. The Bertz CT molecular complexity index is 1520. The first-order chi connectivity index (χ1) is 17.3. The monoisotopic (exact) mass is 506 g/mol. The van der Waals surface area contributed by atoms with Gasteiger partial charge < -0.3 is 14.8 Å². The number of nitrogens with one attached hydrogen (secondary N) is 2. The van der Waals surface area contributed by atoms with Crippen LogP contribution in [0.2, 0.25) is 0 Å². The number of anilines is 3. The third kappa shape index (κ3) is 5.26. The van der Waals surface area contributed by atoms with E-state index in [1.54, 1.807) is 55.5 Å². The lowest BCUT2D eigenvalue weighted by molar-refractivity contribution is 0.0526. The van der Waals surface area contributed by atoms with Gasteiger partial charge in [0.15, 0.2) is 0 Å². The summed E-state index contributed by atoms with van der Waals surface area (Å²) in [5.41, 5.74) is 1.80. The maximum Gasteiger partial charge on any atom is 0.341 e. The standard InChI is InChI=1S/C25H22N4O6S/c1-3-35-25(31)20-15-27-21-12-7-16(24(30)34-2)14-19(21)23(20)28-17-8-10-18(11-9-17)36(32,33)29-22-6-4-5-13-26-22/h4-15H,3H2,1-2H3,(H,26,29)(H,27,28). The summed E-state index contributed by atoms with van der Waals surface area (Å²) in [6, 6.07) is 15.6. The van der Waals surface area contributed by atoms with Crippen LogP contribution in [0.15, 0.2) is 78.0 Å². The van der Waals surface area contributed by atoms with Crippen LogP contribution in [-0.2, 0) is 19.5 Å². The maximum absolute atomic E-state index is 12.7. The van der Waals surface area contributed by atoms with Crippen LogP contribution < -0.4 is 10.0 Å². The molecule has 0 bridgehead atoms. The number of nitrogens with zero attached hydrogens (tertiary/aromatic N) is 2. The maximum atomic E-state index is 12.7. The lowest BCUT2D eigenvalue weighted by atomic mass is 10.1. The number of rotatable bonds is 8. The smallest absolute Gasteiger partial charge is 0.341 e. The minimum Gasteiger partial charge on any atom is -0.465 e. The predicted octanol–water partition coefficient (Wildman–Crippen LogP) is 4.14. The molecule has 0 aliphatic rings. The molecule has 0 unspecified atom stereocenters. The lowest BCUT2D eigenvalue weighted by Crippen LogP contribution is -2.13. The molecule has 0 atom stereocenters. The molecule has 36 heavy (non-hydrogen) atoms. The molecule has 11 heteroatoms. The number of methoxy groups -OCH3 is 1. The minimum atomic E-state index is -3.86. The van der Waals surface area contributed by atoms with Crippen LogP contribution in [-0.4, -0.2) is 44.0 Å². The topological polar surface area (TPSA) is 137 Å². The second-order valence-electron chi connectivity index (χ2n) is 7.46. The Morgan fingerprint density at radius 3 is 2.42 bits per heavy atom. The Hall–Kier alpha value is -4.51. The molecule has 0 fully saturated rings. The SMILES string of the molecule is CCOC(=O)c1cnc2ccc(C(=O)OC)cc2c1Nc1ccc(S(=O)(=O)Nc2ccccn2)cc1. The molecule has 2 aromatic carbocycles. The van der Waals surface area contributed by atoms with Gasteiger partial charge in [0.2, 0.25) is 0 Å². The fraction of sp³-hybridized carbons (Fsp3) is 0.120. The molecule has 0 saturated carbocycles. The Labute approximate surface area is 207 Å². The van der Waals surface area contributed by atoms with Crippen LogP contribution >= 0.6 is 0 Å². The number of carbonyl (C=O) groups is 2. The van der Waals surface area contributed by atoms with Crippen LogP contribution in [0.4, 0.5) is 17.2 Å². The lowest BCUT2D eigenvalue weighted by Gasteiger charge is -2.15. The van der Waals surface area contributed by atoms with Crippen molar-refractivity contribution in [1.82, 2.24) is 9.97 Å². The van der Waals surface area contributed by atoms with Gasteiger partial charge in [0.05, 0.1) is 35.4 Å². The van der Waals surface area contributed by atoms with E-state index in [9.17, 15) is 18.0 Å². The molecule has 0 saturated heterocycles. The van der Waals surface area contributed by atoms with Crippen molar-refractivity contribution >= 4 is 50.1 Å². The van der Waals surface area contributed by atoms with Gasteiger partial charge in [0.1, 0.15) is 11.4 Å². The molecule has 4 aromatic rings. The average Bonchev–Trinajstić information content (AvgIpc) is 2.89. The van der Waals surface area contributed by atoms with Gasteiger partial charge in [-0.25, -0.2) is 23.0 Å². The van der Waals surface area contributed by atoms with Crippen molar-refractivity contribution in [1.29, 1.82) is 0 Å². The number of carbonyl (C=O) groups excluding carboxylic acids is 2. The first-order valence-corrected chi connectivity index (χ1v) is 12.3. The van der Waals surface area contributed by atoms with Crippen LogP contribution in [0.25, 0.3) is 10.9 Å². The van der Waals surface area contributed by atoms with Crippen molar-refractivity contribution in [2.24, 2.45) is 0 Å². The number of hydrogen-bond donors (Lipinski definition) is 2. The van der Waals surface area contributed by atoms with Crippen molar-refractivity contribution < 1.29 is 27.5 Å². The van der Waals surface area contributed by atoms with E-state index >= 15 is 0 Å². The van der Waals surface area contributed by atoms with Crippen LogP contribution in [0.3, 0.4) is 0 Å². The Morgan fingerprint density at radius 2 is 1.75 bits per heavy atom. The predicted molar refractivity (Wildman–Crippen MR) is 134 cm³/mol. The molecule has 0 aliphatic carbocycles. The summed E-state index contributed by atoms with van der Waals surface area (Å²) in [5, 5.41) is 3.63. The highest BCUT2D eigenvalue weighted by Crippen LogP contribution is 2.31.